The number of carboxylic acids is 1. The molecule has 0 saturated carbocycles. The van der Waals surface area contributed by atoms with Crippen LogP contribution in [0.3, 0.4) is 0 Å². The number of amides is 2. The summed E-state index contributed by atoms with van der Waals surface area (Å²) in [4.78, 5) is 22.4. The van der Waals surface area contributed by atoms with E-state index in [4.69, 9.17) is 21.4 Å². The monoisotopic (exact) mass is 316 g/mol. The predicted octanol–water partition coefficient (Wildman–Crippen LogP) is 1.61. The Morgan fingerprint density at radius 2 is 2.05 bits per heavy atom. The molecule has 4 N–H and O–H groups in total. The van der Waals surface area contributed by atoms with Gasteiger partial charge in [-0.05, 0) is 25.5 Å². The standard InChI is InChI=1S/C13H17ClN2O5/c1-7-4-9(10(21-3)5-8(7)14)16-12(19)15-6-13(2,20)11(17)18/h4-5,20H,6H2,1-3H3,(H,17,18)(H2,15,16,19). The fourth-order valence-corrected chi connectivity index (χ4v) is 1.58. The molecule has 116 valence electrons. The lowest BCUT2D eigenvalue weighted by Gasteiger charge is -2.19. The molecule has 8 heteroatoms. The first-order chi connectivity index (χ1) is 9.67. The van der Waals surface area contributed by atoms with Crippen LogP contribution in [-0.4, -0.2) is 41.5 Å². The highest BCUT2D eigenvalue weighted by Gasteiger charge is 2.30. The summed E-state index contributed by atoms with van der Waals surface area (Å²) in [5, 5.41) is 23.5. The minimum Gasteiger partial charge on any atom is -0.495 e. The van der Waals surface area contributed by atoms with Crippen LogP contribution in [0, 0.1) is 6.92 Å². The molecule has 0 aliphatic rings. The molecule has 7 nitrogen and oxygen atoms in total. The Morgan fingerprint density at radius 3 is 2.57 bits per heavy atom. The van der Waals surface area contributed by atoms with Crippen LogP contribution in [0.2, 0.25) is 5.02 Å². The molecule has 1 rings (SSSR count). The zero-order valence-electron chi connectivity index (χ0n) is 11.9. The number of aliphatic carboxylic acids is 1. The van der Waals surface area contributed by atoms with Crippen molar-refractivity contribution >= 4 is 29.3 Å². The number of carbonyl (C=O) groups is 2. The first-order valence-corrected chi connectivity index (χ1v) is 6.40. The molecule has 0 radical (unpaired) electrons. The molecule has 0 saturated heterocycles. The lowest BCUT2D eigenvalue weighted by atomic mass is 10.1. The van der Waals surface area contributed by atoms with Crippen LogP contribution in [0.15, 0.2) is 12.1 Å². The van der Waals surface area contributed by atoms with E-state index >= 15 is 0 Å². The van der Waals surface area contributed by atoms with Crippen molar-refractivity contribution in [3.05, 3.63) is 22.7 Å². The number of anilines is 1. The maximum Gasteiger partial charge on any atom is 0.337 e. The zero-order valence-corrected chi connectivity index (χ0v) is 12.6. The molecule has 0 heterocycles. The van der Waals surface area contributed by atoms with Gasteiger partial charge < -0.3 is 25.6 Å². The second kappa shape index (κ2) is 6.64. The number of hydrogen-bond acceptors (Lipinski definition) is 4. The number of carbonyl (C=O) groups excluding carboxylic acids is 1. The smallest absolute Gasteiger partial charge is 0.337 e. The van der Waals surface area contributed by atoms with Gasteiger partial charge in [-0.15, -0.1) is 0 Å². The fourth-order valence-electron chi connectivity index (χ4n) is 1.42. The number of methoxy groups -OCH3 is 1. The van der Waals surface area contributed by atoms with Crippen molar-refractivity contribution in [2.24, 2.45) is 0 Å². The molecule has 21 heavy (non-hydrogen) atoms. The van der Waals surface area contributed by atoms with E-state index in [1.165, 1.54) is 7.11 Å². The first-order valence-electron chi connectivity index (χ1n) is 6.02. The summed E-state index contributed by atoms with van der Waals surface area (Å²) in [6.45, 7) is 2.41. The summed E-state index contributed by atoms with van der Waals surface area (Å²) in [5.41, 5.74) is -0.922. The maximum absolute atomic E-state index is 11.7. The average Bonchev–Trinajstić information content (AvgIpc) is 2.40. The Morgan fingerprint density at radius 1 is 1.43 bits per heavy atom. The van der Waals surface area contributed by atoms with E-state index in [-0.39, 0.29) is 0 Å². The predicted molar refractivity (Wildman–Crippen MR) is 78.0 cm³/mol. The van der Waals surface area contributed by atoms with E-state index in [9.17, 15) is 14.7 Å². The van der Waals surface area contributed by atoms with Crippen LogP contribution in [0.5, 0.6) is 5.75 Å². The Hall–Kier alpha value is -1.99. The molecule has 1 aromatic carbocycles. The van der Waals surface area contributed by atoms with Crippen LogP contribution in [0.25, 0.3) is 0 Å². The van der Waals surface area contributed by atoms with Gasteiger partial charge >= 0.3 is 12.0 Å². The van der Waals surface area contributed by atoms with Crippen molar-refractivity contribution < 1.29 is 24.5 Å². The third kappa shape index (κ3) is 4.51. The highest BCUT2D eigenvalue weighted by Crippen LogP contribution is 2.30. The molecule has 0 aliphatic carbocycles. The average molecular weight is 317 g/mol. The van der Waals surface area contributed by atoms with E-state index in [0.29, 0.717) is 16.5 Å². The fraction of sp³-hybridized carbons (Fsp3) is 0.385. The van der Waals surface area contributed by atoms with Crippen LogP contribution in [-0.2, 0) is 4.79 Å². The van der Waals surface area contributed by atoms with Gasteiger partial charge in [-0.3, -0.25) is 0 Å². The molecule has 1 unspecified atom stereocenters. The van der Waals surface area contributed by atoms with Crippen molar-refractivity contribution in [3.63, 3.8) is 0 Å². The minimum atomic E-state index is -2.04. The van der Waals surface area contributed by atoms with E-state index in [1.54, 1.807) is 19.1 Å². The van der Waals surface area contributed by atoms with Crippen molar-refractivity contribution in [1.29, 1.82) is 0 Å². The summed E-state index contributed by atoms with van der Waals surface area (Å²) < 4.78 is 5.10. The molecule has 0 bridgehead atoms. The Kier molecular flexibility index (Phi) is 5.40. The molecular formula is C13H17ClN2O5. The van der Waals surface area contributed by atoms with Gasteiger partial charge in [-0.2, -0.15) is 0 Å². The Balaban J connectivity index is 2.76. The summed E-state index contributed by atoms with van der Waals surface area (Å²) in [7, 11) is 1.43. The quantitative estimate of drug-likeness (QED) is 0.660. The zero-order chi connectivity index (χ0) is 16.2. The Bertz CT molecular complexity index is 560. The number of hydrogen-bond donors (Lipinski definition) is 4. The topological polar surface area (TPSA) is 108 Å². The second-order valence-corrected chi connectivity index (χ2v) is 5.10. The lowest BCUT2D eigenvalue weighted by molar-refractivity contribution is -0.155. The van der Waals surface area contributed by atoms with Gasteiger partial charge in [-0.1, -0.05) is 11.6 Å². The molecule has 1 aromatic rings. The number of halogens is 1. The number of aryl methyl sites for hydroxylation is 1. The van der Waals surface area contributed by atoms with Crippen LogP contribution < -0.4 is 15.4 Å². The summed E-state index contributed by atoms with van der Waals surface area (Å²) in [6.07, 6.45) is 0. The number of carboxylic acid groups (broad SMARTS) is 1. The van der Waals surface area contributed by atoms with Crippen molar-refractivity contribution in [2.75, 3.05) is 19.0 Å². The molecule has 0 aliphatic heterocycles. The second-order valence-electron chi connectivity index (χ2n) is 4.69. The van der Waals surface area contributed by atoms with Crippen LogP contribution in [0.1, 0.15) is 12.5 Å². The van der Waals surface area contributed by atoms with Crippen LogP contribution >= 0.6 is 11.6 Å². The van der Waals surface area contributed by atoms with Gasteiger partial charge in [0.25, 0.3) is 0 Å². The molecule has 0 aromatic heterocycles. The number of urea groups is 1. The van der Waals surface area contributed by atoms with Gasteiger partial charge in [0, 0.05) is 11.1 Å². The number of nitrogens with one attached hydrogen (secondary N) is 2. The van der Waals surface area contributed by atoms with Gasteiger partial charge in [0.05, 0.1) is 19.3 Å². The van der Waals surface area contributed by atoms with E-state index in [0.717, 1.165) is 12.5 Å². The Labute approximate surface area is 126 Å². The summed E-state index contributed by atoms with van der Waals surface area (Å²) in [6, 6.07) is 2.51. The summed E-state index contributed by atoms with van der Waals surface area (Å²) in [5.74, 6) is -1.06. The van der Waals surface area contributed by atoms with E-state index in [1.807, 2.05) is 0 Å². The number of ether oxygens (including phenoxy) is 1. The third-order valence-corrected chi connectivity index (χ3v) is 3.19. The molecule has 0 fully saturated rings. The normalized spacial score (nSPS) is 13.2. The highest BCUT2D eigenvalue weighted by molar-refractivity contribution is 6.31. The minimum absolute atomic E-state index is 0.366. The lowest BCUT2D eigenvalue weighted by Crippen LogP contribution is -2.47. The molecule has 2 amide bonds. The van der Waals surface area contributed by atoms with Gasteiger partial charge in [-0.25, -0.2) is 9.59 Å². The molecule has 0 spiro atoms. The van der Waals surface area contributed by atoms with Gasteiger partial charge in [0.1, 0.15) is 5.75 Å². The number of rotatable bonds is 5. The molecular weight excluding hydrogens is 300 g/mol. The van der Waals surface area contributed by atoms with Crippen molar-refractivity contribution in [1.82, 2.24) is 5.32 Å². The van der Waals surface area contributed by atoms with Crippen LogP contribution in [0.4, 0.5) is 10.5 Å². The third-order valence-electron chi connectivity index (χ3n) is 2.78. The van der Waals surface area contributed by atoms with Gasteiger partial charge in [0.15, 0.2) is 5.60 Å². The summed E-state index contributed by atoms with van der Waals surface area (Å²) >= 11 is 5.95. The highest BCUT2D eigenvalue weighted by atomic mass is 35.5. The van der Waals surface area contributed by atoms with Gasteiger partial charge in [0.2, 0.25) is 0 Å². The van der Waals surface area contributed by atoms with Crippen molar-refractivity contribution in [3.8, 4) is 5.75 Å². The number of aliphatic hydroxyl groups is 1. The number of benzene rings is 1. The van der Waals surface area contributed by atoms with E-state index < -0.39 is 24.1 Å². The maximum atomic E-state index is 11.7. The first kappa shape index (κ1) is 17.1. The largest absolute Gasteiger partial charge is 0.495 e. The van der Waals surface area contributed by atoms with Crippen molar-refractivity contribution in [2.45, 2.75) is 19.4 Å². The van der Waals surface area contributed by atoms with E-state index in [2.05, 4.69) is 10.6 Å². The molecule has 1 atom stereocenters. The SMILES string of the molecule is COc1cc(Cl)c(C)cc1NC(=O)NCC(C)(O)C(=O)O.